The summed E-state index contributed by atoms with van der Waals surface area (Å²) in [7, 11) is 0. The summed E-state index contributed by atoms with van der Waals surface area (Å²) in [5, 5.41) is 9.42. The first-order valence-electron chi connectivity index (χ1n) is 7.18. The molecule has 0 bridgehead atoms. The van der Waals surface area contributed by atoms with Crippen molar-refractivity contribution >= 4 is 33.1 Å². The number of nitriles is 1. The minimum Gasteiger partial charge on any atom is -0.383 e. The van der Waals surface area contributed by atoms with Crippen LogP contribution in [0.1, 0.15) is 18.1 Å². The third-order valence-electron chi connectivity index (χ3n) is 3.66. The maximum Gasteiger partial charge on any atom is 0.142 e. The summed E-state index contributed by atoms with van der Waals surface area (Å²) in [6.45, 7) is 2.12. The van der Waals surface area contributed by atoms with Crippen LogP contribution in [0.5, 0.6) is 0 Å². The van der Waals surface area contributed by atoms with E-state index in [2.05, 4.69) is 46.0 Å². The molecule has 3 rings (SSSR count). The summed E-state index contributed by atoms with van der Waals surface area (Å²) in [5.41, 5.74) is 10.3. The van der Waals surface area contributed by atoms with Crippen LogP contribution < -0.4 is 5.73 Å². The van der Waals surface area contributed by atoms with Gasteiger partial charge in [-0.3, -0.25) is 0 Å². The Morgan fingerprint density at radius 3 is 2.52 bits per heavy atom. The van der Waals surface area contributed by atoms with Gasteiger partial charge in [-0.25, -0.2) is 4.98 Å². The number of thiophene rings is 1. The molecule has 0 amide bonds. The summed E-state index contributed by atoms with van der Waals surface area (Å²) in [6, 6.07) is 16.3. The lowest BCUT2D eigenvalue weighted by atomic mass is 10.0. The van der Waals surface area contributed by atoms with E-state index in [1.165, 1.54) is 5.56 Å². The van der Waals surface area contributed by atoms with Gasteiger partial charge in [0.1, 0.15) is 17.5 Å². The van der Waals surface area contributed by atoms with Crippen molar-refractivity contribution in [2.24, 2.45) is 0 Å². The molecule has 0 radical (unpaired) electrons. The highest BCUT2D eigenvalue weighted by molar-refractivity contribution is 9.11. The van der Waals surface area contributed by atoms with Gasteiger partial charge in [0.05, 0.1) is 9.48 Å². The molecular weight excluding hydrogens is 370 g/mol. The molecule has 0 aliphatic heterocycles. The zero-order valence-electron chi connectivity index (χ0n) is 12.5. The monoisotopic (exact) mass is 383 g/mol. The number of pyridine rings is 1. The molecule has 0 spiro atoms. The van der Waals surface area contributed by atoms with Gasteiger partial charge in [0.25, 0.3) is 0 Å². The number of aromatic nitrogens is 1. The first-order chi connectivity index (χ1) is 11.1. The number of halogens is 1. The predicted octanol–water partition coefficient (Wildman–Crippen LogP) is 5.26. The third kappa shape index (κ3) is 3.14. The smallest absolute Gasteiger partial charge is 0.142 e. The summed E-state index contributed by atoms with van der Waals surface area (Å²) in [4.78, 5) is 5.41. The van der Waals surface area contributed by atoms with Gasteiger partial charge in [0, 0.05) is 16.0 Å². The van der Waals surface area contributed by atoms with Crippen LogP contribution in [0.15, 0.2) is 46.3 Å². The van der Waals surface area contributed by atoms with Crippen LogP contribution in [0.25, 0.3) is 21.7 Å². The van der Waals surface area contributed by atoms with Crippen LogP contribution in [0.2, 0.25) is 0 Å². The van der Waals surface area contributed by atoms with Crippen LogP contribution in [-0.2, 0) is 6.42 Å². The second-order valence-electron chi connectivity index (χ2n) is 5.08. The van der Waals surface area contributed by atoms with Crippen LogP contribution in [-0.4, -0.2) is 4.98 Å². The lowest BCUT2D eigenvalue weighted by molar-refractivity contribution is 1.14. The van der Waals surface area contributed by atoms with E-state index in [9.17, 15) is 5.26 Å². The van der Waals surface area contributed by atoms with Gasteiger partial charge in [0.15, 0.2) is 0 Å². The number of hydrogen-bond donors (Lipinski definition) is 1. The molecule has 2 heterocycles. The molecular formula is C18H14BrN3S. The summed E-state index contributed by atoms with van der Waals surface area (Å²) < 4.78 is 1.01. The van der Waals surface area contributed by atoms with Crippen molar-refractivity contribution in [2.45, 2.75) is 13.3 Å². The van der Waals surface area contributed by atoms with Gasteiger partial charge < -0.3 is 5.73 Å². The Balaban J connectivity index is 2.16. The van der Waals surface area contributed by atoms with Crippen molar-refractivity contribution in [3.05, 3.63) is 57.4 Å². The Kier molecular flexibility index (Phi) is 4.46. The van der Waals surface area contributed by atoms with Gasteiger partial charge >= 0.3 is 0 Å². The molecule has 0 aliphatic carbocycles. The van der Waals surface area contributed by atoms with Crippen molar-refractivity contribution < 1.29 is 0 Å². The fourth-order valence-corrected chi connectivity index (χ4v) is 3.80. The van der Waals surface area contributed by atoms with E-state index in [1.807, 2.05) is 30.3 Å². The van der Waals surface area contributed by atoms with Gasteiger partial charge in [-0.05, 0) is 46.1 Å². The minimum atomic E-state index is 0.268. The lowest BCUT2D eigenvalue weighted by Gasteiger charge is -2.09. The number of benzene rings is 1. The topological polar surface area (TPSA) is 62.7 Å². The molecule has 2 N–H and O–H groups in total. The Labute approximate surface area is 147 Å². The second-order valence-corrected chi connectivity index (χ2v) is 7.54. The molecule has 5 heteroatoms. The predicted molar refractivity (Wildman–Crippen MR) is 99.2 cm³/mol. The van der Waals surface area contributed by atoms with E-state index in [0.717, 1.165) is 31.9 Å². The maximum absolute atomic E-state index is 9.42. The summed E-state index contributed by atoms with van der Waals surface area (Å²) in [6.07, 6.45) is 0.998. The van der Waals surface area contributed by atoms with Crippen molar-refractivity contribution in [1.29, 1.82) is 5.26 Å². The maximum atomic E-state index is 9.42. The van der Waals surface area contributed by atoms with E-state index in [0.29, 0.717) is 5.56 Å². The molecule has 0 saturated heterocycles. The molecule has 23 heavy (non-hydrogen) atoms. The first-order valence-corrected chi connectivity index (χ1v) is 8.79. The van der Waals surface area contributed by atoms with E-state index >= 15 is 0 Å². The minimum absolute atomic E-state index is 0.268. The zero-order chi connectivity index (χ0) is 16.4. The third-order valence-corrected chi connectivity index (χ3v) is 5.31. The lowest BCUT2D eigenvalue weighted by Crippen LogP contribution is -1.99. The Morgan fingerprint density at radius 2 is 1.96 bits per heavy atom. The van der Waals surface area contributed by atoms with Crippen molar-refractivity contribution in [1.82, 2.24) is 4.98 Å². The van der Waals surface area contributed by atoms with E-state index in [1.54, 1.807) is 11.3 Å². The normalized spacial score (nSPS) is 10.5. The van der Waals surface area contributed by atoms with Crippen LogP contribution >= 0.6 is 27.3 Å². The number of rotatable bonds is 3. The van der Waals surface area contributed by atoms with Crippen LogP contribution in [0, 0.1) is 11.3 Å². The molecule has 114 valence electrons. The Bertz CT molecular complexity index is 892. The molecule has 0 aliphatic rings. The van der Waals surface area contributed by atoms with Crippen LogP contribution in [0.3, 0.4) is 0 Å². The molecule has 0 fully saturated rings. The average Bonchev–Trinajstić information content (AvgIpc) is 3.00. The molecule has 0 unspecified atom stereocenters. The van der Waals surface area contributed by atoms with Gasteiger partial charge in [-0.2, -0.15) is 5.26 Å². The first kappa shape index (κ1) is 15.7. The number of aryl methyl sites for hydroxylation is 1. The zero-order valence-corrected chi connectivity index (χ0v) is 14.9. The van der Waals surface area contributed by atoms with E-state index in [4.69, 9.17) is 5.73 Å². The largest absolute Gasteiger partial charge is 0.383 e. The van der Waals surface area contributed by atoms with E-state index in [-0.39, 0.29) is 5.82 Å². The van der Waals surface area contributed by atoms with Crippen molar-refractivity contribution in [3.8, 4) is 27.8 Å². The van der Waals surface area contributed by atoms with E-state index < -0.39 is 0 Å². The number of nitrogens with zero attached hydrogens (tertiary/aromatic N) is 2. The van der Waals surface area contributed by atoms with Crippen molar-refractivity contribution in [3.63, 3.8) is 0 Å². The highest BCUT2D eigenvalue weighted by atomic mass is 79.9. The number of anilines is 1. The highest BCUT2D eigenvalue weighted by Gasteiger charge is 2.14. The number of nitrogen functional groups attached to an aromatic ring is 1. The Morgan fingerprint density at radius 1 is 1.22 bits per heavy atom. The standard InChI is InChI=1S/C18H14BrN3S/c1-2-11-3-5-12(6-4-11)15-9-13(14(10-20)18(21)22-15)16-7-8-17(19)23-16/h3-9H,2H2,1H3,(H2,21,22). The van der Waals surface area contributed by atoms with Crippen LogP contribution in [0.4, 0.5) is 5.82 Å². The van der Waals surface area contributed by atoms with Crippen molar-refractivity contribution in [2.75, 3.05) is 5.73 Å². The fourth-order valence-electron chi connectivity index (χ4n) is 2.39. The Hall–Kier alpha value is -2.16. The molecule has 0 atom stereocenters. The fraction of sp³-hybridized carbons (Fsp3) is 0.111. The molecule has 1 aromatic carbocycles. The highest BCUT2D eigenvalue weighted by Crippen LogP contribution is 2.36. The number of hydrogen-bond acceptors (Lipinski definition) is 4. The molecule has 3 aromatic rings. The SMILES string of the molecule is CCc1ccc(-c2cc(-c3ccc(Br)s3)c(C#N)c(N)n2)cc1. The molecule has 2 aromatic heterocycles. The van der Waals surface area contributed by atoms with Gasteiger partial charge in [0.2, 0.25) is 0 Å². The van der Waals surface area contributed by atoms with Gasteiger partial charge in [-0.15, -0.1) is 11.3 Å². The average molecular weight is 384 g/mol. The number of nitrogens with two attached hydrogens (primary N) is 1. The molecule has 3 nitrogen and oxygen atoms in total. The second kappa shape index (κ2) is 6.53. The quantitative estimate of drug-likeness (QED) is 0.670. The van der Waals surface area contributed by atoms with Gasteiger partial charge in [-0.1, -0.05) is 31.2 Å². The summed E-state index contributed by atoms with van der Waals surface area (Å²) >= 11 is 5.03. The summed E-state index contributed by atoms with van der Waals surface area (Å²) in [5.74, 6) is 0.268. The molecule has 0 saturated carbocycles.